The quantitative estimate of drug-likeness (QED) is 0.709. The molecule has 0 fully saturated rings. The molecule has 2 aromatic carbocycles. The molecular weight excluding hydrogens is 357 g/mol. The molecule has 1 heterocycles. The minimum atomic E-state index is -1.000. The molecule has 0 bridgehead atoms. The number of hydrogen-bond donors (Lipinski definition) is 1. The standard InChI is InChI=1S/C19H17ClFN3O2/c1-23(12-17-16(19(25)26)3-2-4-18(17)20)10-13-9-22-24(11-13)15-7-5-14(21)6-8-15/h2-9,11H,10,12H2,1H3,(H,25,26). The van der Waals surface area contributed by atoms with Crippen molar-refractivity contribution < 1.29 is 14.3 Å². The largest absolute Gasteiger partial charge is 0.478 e. The third-order valence-electron chi connectivity index (χ3n) is 3.96. The molecule has 7 heteroatoms. The van der Waals surface area contributed by atoms with Crippen molar-refractivity contribution in [2.75, 3.05) is 7.05 Å². The minimum absolute atomic E-state index is 0.200. The van der Waals surface area contributed by atoms with Crippen LogP contribution in [0, 0.1) is 5.82 Å². The van der Waals surface area contributed by atoms with E-state index in [9.17, 15) is 14.3 Å². The van der Waals surface area contributed by atoms with Gasteiger partial charge in [0.1, 0.15) is 5.82 Å². The number of halogens is 2. The predicted octanol–water partition coefficient (Wildman–Crippen LogP) is 4.00. The van der Waals surface area contributed by atoms with Crippen LogP contribution in [0.2, 0.25) is 5.02 Å². The van der Waals surface area contributed by atoms with Gasteiger partial charge in [-0.15, -0.1) is 0 Å². The lowest BCUT2D eigenvalue weighted by molar-refractivity contribution is 0.0694. The summed E-state index contributed by atoms with van der Waals surface area (Å²) in [6.45, 7) is 0.953. The lowest BCUT2D eigenvalue weighted by atomic mass is 10.1. The zero-order chi connectivity index (χ0) is 18.7. The molecule has 0 aliphatic rings. The molecule has 3 aromatic rings. The number of carboxylic acids is 1. The van der Waals surface area contributed by atoms with Crippen LogP contribution in [0.5, 0.6) is 0 Å². The number of benzene rings is 2. The van der Waals surface area contributed by atoms with E-state index < -0.39 is 5.97 Å². The van der Waals surface area contributed by atoms with Crippen molar-refractivity contribution in [1.29, 1.82) is 0 Å². The molecule has 0 aliphatic carbocycles. The highest BCUT2D eigenvalue weighted by molar-refractivity contribution is 6.31. The molecule has 0 saturated carbocycles. The summed E-state index contributed by atoms with van der Waals surface area (Å²) in [5.41, 5.74) is 2.49. The fourth-order valence-electron chi connectivity index (χ4n) is 2.73. The summed E-state index contributed by atoms with van der Waals surface area (Å²) < 4.78 is 14.7. The molecule has 0 spiro atoms. The van der Waals surface area contributed by atoms with Crippen molar-refractivity contribution in [2.24, 2.45) is 0 Å². The number of hydrogen-bond acceptors (Lipinski definition) is 3. The molecular formula is C19H17ClFN3O2. The Morgan fingerprint density at radius 2 is 1.96 bits per heavy atom. The first-order valence-electron chi connectivity index (χ1n) is 7.93. The van der Waals surface area contributed by atoms with Gasteiger partial charge >= 0.3 is 5.97 Å². The predicted molar refractivity (Wildman–Crippen MR) is 97.1 cm³/mol. The van der Waals surface area contributed by atoms with Gasteiger partial charge in [0.05, 0.1) is 17.4 Å². The Balaban J connectivity index is 1.73. The molecule has 134 valence electrons. The lowest BCUT2D eigenvalue weighted by Crippen LogP contribution is -2.19. The van der Waals surface area contributed by atoms with Gasteiger partial charge in [-0.2, -0.15) is 5.10 Å². The Labute approximate surface area is 155 Å². The molecule has 5 nitrogen and oxygen atoms in total. The Bertz CT molecular complexity index is 925. The van der Waals surface area contributed by atoms with E-state index in [1.807, 2.05) is 18.1 Å². The van der Waals surface area contributed by atoms with Gasteiger partial charge in [-0.05, 0) is 49.0 Å². The van der Waals surface area contributed by atoms with Crippen LogP contribution in [0.4, 0.5) is 4.39 Å². The molecule has 0 radical (unpaired) electrons. The van der Waals surface area contributed by atoms with Gasteiger partial charge in [-0.3, -0.25) is 4.90 Å². The molecule has 0 amide bonds. The van der Waals surface area contributed by atoms with Crippen LogP contribution in [0.25, 0.3) is 5.69 Å². The fraction of sp³-hybridized carbons (Fsp3) is 0.158. The topological polar surface area (TPSA) is 58.4 Å². The highest BCUT2D eigenvalue weighted by Gasteiger charge is 2.15. The maximum Gasteiger partial charge on any atom is 0.336 e. The van der Waals surface area contributed by atoms with Crippen LogP contribution in [0.15, 0.2) is 54.9 Å². The van der Waals surface area contributed by atoms with Crippen molar-refractivity contribution in [1.82, 2.24) is 14.7 Å². The Hall–Kier alpha value is -2.70. The molecule has 26 heavy (non-hydrogen) atoms. The van der Waals surface area contributed by atoms with Crippen molar-refractivity contribution in [2.45, 2.75) is 13.1 Å². The van der Waals surface area contributed by atoms with E-state index in [0.29, 0.717) is 23.7 Å². The van der Waals surface area contributed by atoms with Gasteiger partial charge in [-0.25, -0.2) is 13.9 Å². The average Bonchev–Trinajstić information content (AvgIpc) is 3.05. The first kappa shape index (κ1) is 18.1. The number of aromatic nitrogens is 2. The maximum atomic E-state index is 13.0. The summed E-state index contributed by atoms with van der Waals surface area (Å²) in [5, 5.41) is 14.0. The van der Waals surface area contributed by atoms with Gasteiger partial charge < -0.3 is 5.11 Å². The van der Waals surface area contributed by atoms with Gasteiger partial charge in [0.2, 0.25) is 0 Å². The third-order valence-corrected chi connectivity index (χ3v) is 4.31. The monoisotopic (exact) mass is 373 g/mol. The van der Waals surface area contributed by atoms with Crippen LogP contribution < -0.4 is 0 Å². The summed E-state index contributed by atoms with van der Waals surface area (Å²) in [7, 11) is 1.88. The smallest absolute Gasteiger partial charge is 0.336 e. The van der Waals surface area contributed by atoms with Crippen molar-refractivity contribution in [3.63, 3.8) is 0 Å². The van der Waals surface area contributed by atoms with Crippen molar-refractivity contribution >= 4 is 17.6 Å². The molecule has 3 rings (SSSR count). The first-order valence-corrected chi connectivity index (χ1v) is 8.30. The van der Waals surface area contributed by atoms with E-state index in [-0.39, 0.29) is 11.4 Å². The molecule has 0 saturated heterocycles. The summed E-state index contributed by atoms with van der Waals surface area (Å²) in [4.78, 5) is 13.3. The van der Waals surface area contributed by atoms with Crippen molar-refractivity contribution in [3.8, 4) is 5.69 Å². The van der Waals surface area contributed by atoms with Gasteiger partial charge in [0.25, 0.3) is 0 Å². The third kappa shape index (κ3) is 4.09. The highest BCUT2D eigenvalue weighted by Crippen LogP contribution is 2.22. The summed E-state index contributed by atoms with van der Waals surface area (Å²) in [5.74, 6) is -1.30. The number of nitrogens with zero attached hydrogens (tertiary/aromatic N) is 3. The van der Waals surface area contributed by atoms with Crippen LogP contribution in [0.3, 0.4) is 0 Å². The van der Waals surface area contributed by atoms with Gasteiger partial charge in [0, 0.05) is 29.9 Å². The second-order valence-corrected chi connectivity index (χ2v) is 6.42. The molecule has 0 unspecified atom stereocenters. The van der Waals surface area contributed by atoms with E-state index in [1.165, 1.54) is 12.1 Å². The first-order chi connectivity index (χ1) is 12.4. The van der Waals surface area contributed by atoms with E-state index in [2.05, 4.69) is 5.10 Å². The van der Waals surface area contributed by atoms with Gasteiger partial charge in [-0.1, -0.05) is 17.7 Å². The second kappa shape index (κ2) is 7.68. The second-order valence-electron chi connectivity index (χ2n) is 6.01. The Kier molecular flexibility index (Phi) is 5.35. The van der Waals surface area contributed by atoms with E-state index in [1.54, 1.807) is 41.2 Å². The average molecular weight is 374 g/mol. The number of carboxylic acid groups (broad SMARTS) is 1. The lowest BCUT2D eigenvalue weighted by Gasteiger charge is -2.18. The number of aromatic carboxylic acids is 1. The fourth-order valence-corrected chi connectivity index (χ4v) is 2.97. The molecule has 1 N–H and O–H groups in total. The molecule has 0 atom stereocenters. The zero-order valence-electron chi connectivity index (χ0n) is 14.1. The van der Waals surface area contributed by atoms with E-state index in [0.717, 1.165) is 11.3 Å². The molecule has 0 aliphatic heterocycles. The number of carbonyl (C=O) groups is 1. The molecule has 1 aromatic heterocycles. The normalized spacial score (nSPS) is 11.1. The zero-order valence-corrected chi connectivity index (χ0v) is 14.8. The number of rotatable bonds is 6. The van der Waals surface area contributed by atoms with Crippen LogP contribution in [-0.2, 0) is 13.1 Å². The van der Waals surface area contributed by atoms with Crippen molar-refractivity contribution in [3.05, 3.63) is 82.4 Å². The summed E-state index contributed by atoms with van der Waals surface area (Å²) >= 11 is 6.18. The van der Waals surface area contributed by atoms with E-state index >= 15 is 0 Å². The highest BCUT2D eigenvalue weighted by atomic mass is 35.5. The van der Waals surface area contributed by atoms with Crippen LogP contribution in [0.1, 0.15) is 21.5 Å². The van der Waals surface area contributed by atoms with Gasteiger partial charge in [0.15, 0.2) is 0 Å². The van der Waals surface area contributed by atoms with E-state index in [4.69, 9.17) is 11.6 Å². The summed E-state index contributed by atoms with van der Waals surface area (Å²) in [6, 6.07) is 10.9. The Morgan fingerprint density at radius 3 is 2.65 bits per heavy atom. The maximum absolute atomic E-state index is 13.0. The summed E-state index contributed by atoms with van der Waals surface area (Å²) in [6.07, 6.45) is 3.58. The minimum Gasteiger partial charge on any atom is -0.478 e. The van der Waals surface area contributed by atoms with Crippen LogP contribution in [-0.4, -0.2) is 32.8 Å². The SMILES string of the molecule is CN(Cc1cnn(-c2ccc(F)cc2)c1)Cc1c(Cl)cccc1C(=O)O. The Morgan fingerprint density at radius 1 is 1.23 bits per heavy atom. The van der Waals surface area contributed by atoms with Crippen LogP contribution >= 0.6 is 11.6 Å².